The Morgan fingerprint density at radius 2 is 2.21 bits per heavy atom. The van der Waals surface area contributed by atoms with Crippen molar-refractivity contribution in [3.63, 3.8) is 0 Å². The Morgan fingerprint density at radius 1 is 1.46 bits per heavy atom. The van der Waals surface area contributed by atoms with Gasteiger partial charge in [0.2, 0.25) is 0 Å². The monoisotopic (exact) mass is 330 g/mol. The van der Waals surface area contributed by atoms with E-state index in [9.17, 15) is 9.59 Å². The minimum absolute atomic E-state index is 0.0712. The lowest BCUT2D eigenvalue weighted by Gasteiger charge is -2.16. The van der Waals surface area contributed by atoms with Gasteiger partial charge in [-0.15, -0.1) is 6.42 Å². The highest BCUT2D eigenvalue weighted by atomic mass is 16.5. The molecule has 0 saturated heterocycles. The van der Waals surface area contributed by atoms with Gasteiger partial charge in [0.1, 0.15) is 18.1 Å². The van der Waals surface area contributed by atoms with Gasteiger partial charge in [0, 0.05) is 6.54 Å². The molecule has 1 aromatic carbocycles. The number of nitrogens with zero attached hydrogens (tertiary/aromatic N) is 1. The lowest BCUT2D eigenvalue weighted by Crippen LogP contribution is -2.31. The molecule has 1 amide bonds. The van der Waals surface area contributed by atoms with Crippen LogP contribution in [0.2, 0.25) is 0 Å². The van der Waals surface area contributed by atoms with Crippen molar-refractivity contribution in [3.05, 3.63) is 35.5 Å². The molecule has 0 unspecified atom stereocenters. The third kappa shape index (κ3) is 3.67. The molecule has 0 spiro atoms. The molecule has 2 rings (SSSR count). The highest BCUT2D eigenvalue weighted by Crippen LogP contribution is 2.28. The Morgan fingerprint density at radius 3 is 2.88 bits per heavy atom. The molecule has 24 heavy (non-hydrogen) atoms. The van der Waals surface area contributed by atoms with Crippen LogP contribution in [0.3, 0.4) is 0 Å². The number of carbonyl (C=O) groups is 2. The van der Waals surface area contributed by atoms with Crippen molar-refractivity contribution in [1.82, 2.24) is 4.90 Å². The summed E-state index contributed by atoms with van der Waals surface area (Å²) in [5, 5.41) is 12.0. The molecular formula is C17H18N2O5. The molecule has 0 aromatic heterocycles. The van der Waals surface area contributed by atoms with Crippen molar-refractivity contribution in [2.45, 2.75) is 0 Å². The zero-order valence-electron chi connectivity index (χ0n) is 13.2. The Kier molecular flexibility index (Phi) is 5.82. The number of nitrogens with one attached hydrogen (secondary N) is 1. The van der Waals surface area contributed by atoms with Crippen molar-refractivity contribution in [3.8, 4) is 18.1 Å². The summed E-state index contributed by atoms with van der Waals surface area (Å²) in [6.07, 6.45) is 5.19. The number of para-hydroxylation sites is 2. The van der Waals surface area contributed by atoms with Crippen molar-refractivity contribution in [2.24, 2.45) is 0 Å². The third-order valence-electron chi connectivity index (χ3n) is 3.41. The Bertz CT molecular complexity index is 705. The number of β-amino-alcohol motifs (C(OH)–C–C–N with tert-alkyl or cyclic N) is 1. The van der Waals surface area contributed by atoms with Crippen LogP contribution in [0.4, 0.5) is 5.69 Å². The largest absolute Gasteiger partial charge is 0.479 e. The standard InChI is InChI=1S/C17H18N2O5/c1-3-10-24-14-7-5-4-6-13(14)18-15-12(17(22)23-2)11-19(8-9-20)16(15)21/h1,4-7,18,20H,8-11H2,2H3. The first-order chi connectivity index (χ1) is 11.6. The predicted molar refractivity (Wildman–Crippen MR) is 87.1 cm³/mol. The first-order valence-corrected chi connectivity index (χ1v) is 7.26. The molecule has 7 heteroatoms. The normalized spacial score (nSPS) is 13.7. The van der Waals surface area contributed by atoms with Gasteiger partial charge in [-0.3, -0.25) is 4.79 Å². The van der Waals surface area contributed by atoms with Crippen LogP contribution in [0.1, 0.15) is 0 Å². The van der Waals surface area contributed by atoms with Gasteiger partial charge < -0.3 is 24.8 Å². The number of rotatable bonds is 7. The molecular weight excluding hydrogens is 312 g/mol. The van der Waals surface area contributed by atoms with E-state index in [1.165, 1.54) is 12.0 Å². The van der Waals surface area contributed by atoms with Crippen LogP contribution in [0.25, 0.3) is 0 Å². The number of carbonyl (C=O) groups excluding carboxylic acids is 2. The van der Waals surface area contributed by atoms with E-state index in [4.69, 9.17) is 21.0 Å². The van der Waals surface area contributed by atoms with Gasteiger partial charge in [0.05, 0.1) is 31.5 Å². The van der Waals surface area contributed by atoms with Gasteiger partial charge in [-0.1, -0.05) is 18.1 Å². The first kappa shape index (κ1) is 17.4. The topological polar surface area (TPSA) is 88.1 Å². The van der Waals surface area contributed by atoms with E-state index < -0.39 is 11.9 Å². The number of hydrogen-bond donors (Lipinski definition) is 2. The molecule has 1 aromatic rings. The molecule has 2 N–H and O–H groups in total. The minimum atomic E-state index is -0.603. The molecule has 0 saturated carbocycles. The molecule has 1 aliphatic rings. The van der Waals surface area contributed by atoms with Crippen molar-refractivity contribution in [2.75, 3.05) is 38.7 Å². The van der Waals surface area contributed by atoms with E-state index in [2.05, 4.69) is 11.2 Å². The van der Waals surface area contributed by atoms with Gasteiger partial charge in [0.15, 0.2) is 0 Å². The lowest BCUT2D eigenvalue weighted by atomic mass is 10.2. The van der Waals surface area contributed by atoms with E-state index in [0.29, 0.717) is 11.4 Å². The predicted octanol–water partition coefficient (Wildman–Crippen LogP) is 0.372. The van der Waals surface area contributed by atoms with Crippen LogP contribution in [-0.4, -0.2) is 55.3 Å². The summed E-state index contributed by atoms with van der Waals surface area (Å²) in [4.78, 5) is 25.8. The molecule has 0 atom stereocenters. The summed E-state index contributed by atoms with van der Waals surface area (Å²) in [5.41, 5.74) is 0.804. The summed E-state index contributed by atoms with van der Waals surface area (Å²) in [6.45, 7) is 0.0725. The van der Waals surface area contributed by atoms with E-state index in [1.807, 2.05) is 0 Å². The number of hydrogen-bond acceptors (Lipinski definition) is 6. The Hall–Kier alpha value is -2.98. The molecule has 1 heterocycles. The number of aliphatic hydroxyl groups is 1. The van der Waals surface area contributed by atoms with Gasteiger partial charge in [-0.05, 0) is 12.1 Å². The summed E-state index contributed by atoms with van der Waals surface area (Å²) in [6, 6.07) is 6.92. The highest BCUT2D eigenvalue weighted by Gasteiger charge is 2.34. The van der Waals surface area contributed by atoms with Gasteiger partial charge in [-0.25, -0.2) is 4.79 Å². The second kappa shape index (κ2) is 8.04. The smallest absolute Gasteiger partial charge is 0.337 e. The molecule has 1 aliphatic heterocycles. The minimum Gasteiger partial charge on any atom is -0.479 e. The molecule has 0 aliphatic carbocycles. The maximum atomic E-state index is 12.5. The zero-order chi connectivity index (χ0) is 17.5. The number of aliphatic hydroxyl groups excluding tert-OH is 1. The SMILES string of the molecule is C#CCOc1ccccc1NC1=C(C(=O)OC)CN(CCO)C1=O. The molecule has 0 fully saturated rings. The van der Waals surface area contributed by atoms with Crippen LogP contribution in [0.5, 0.6) is 5.75 Å². The van der Waals surface area contributed by atoms with E-state index >= 15 is 0 Å². The zero-order valence-corrected chi connectivity index (χ0v) is 13.2. The summed E-state index contributed by atoms with van der Waals surface area (Å²) < 4.78 is 10.2. The molecule has 7 nitrogen and oxygen atoms in total. The number of ether oxygens (including phenoxy) is 2. The molecule has 126 valence electrons. The summed E-state index contributed by atoms with van der Waals surface area (Å²) in [5.74, 6) is 1.83. The summed E-state index contributed by atoms with van der Waals surface area (Å²) in [7, 11) is 1.25. The van der Waals surface area contributed by atoms with Crippen LogP contribution in [0.15, 0.2) is 35.5 Å². The maximum absolute atomic E-state index is 12.5. The maximum Gasteiger partial charge on any atom is 0.337 e. The quantitative estimate of drug-likeness (QED) is 0.555. The van der Waals surface area contributed by atoms with Crippen molar-refractivity contribution >= 4 is 17.6 Å². The second-order valence-electron chi connectivity index (χ2n) is 4.91. The van der Waals surface area contributed by atoms with Crippen LogP contribution in [-0.2, 0) is 14.3 Å². The fourth-order valence-electron chi connectivity index (χ4n) is 2.30. The van der Waals surface area contributed by atoms with Crippen LogP contribution in [0, 0.1) is 12.3 Å². The van der Waals surface area contributed by atoms with E-state index in [0.717, 1.165) is 0 Å². The Labute approximate surface area is 139 Å². The van der Waals surface area contributed by atoms with Crippen LogP contribution < -0.4 is 10.1 Å². The number of methoxy groups -OCH3 is 1. The van der Waals surface area contributed by atoms with Crippen molar-refractivity contribution < 1.29 is 24.2 Å². The van der Waals surface area contributed by atoms with E-state index in [-0.39, 0.29) is 37.6 Å². The highest BCUT2D eigenvalue weighted by molar-refractivity contribution is 6.08. The van der Waals surface area contributed by atoms with E-state index in [1.54, 1.807) is 24.3 Å². The number of terminal acetylenes is 1. The molecule has 0 bridgehead atoms. The first-order valence-electron chi connectivity index (χ1n) is 7.26. The number of amides is 1. The molecule has 0 radical (unpaired) electrons. The van der Waals surface area contributed by atoms with Gasteiger partial charge >= 0.3 is 5.97 Å². The average molecular weight is 330 g/mol. The Balaban J connectivity index is 2.32. The average Bonchev–Trinajstić information content (AvgIpc) is 2.90. The van der Waals surface area contributed by atoms with Crippen molar-refractivity contribution in [1.29, 1.82) is 0 Å². The number of anilines is 1. The third-order valence-corrected chi connectivity index (χ3v) is 3.41. The van der Waals surface area contributed by atoms with Crippen LogP contribution >= 0.6 is 0 Å². The van der Waals surface area contributed by atoms with Gasteiger partial charge in [-0.2, -0.15) is 0 Å². The fourth-order valence-corrected chi connectivity index (χ4v) is 2.30. The fraction of sp³-hybridized carbons (Fsp3) is 0.294. The van der Waals surface area contributed by atoms with Gasteiger partial charge in [0.25, 0.3) is 5.91 Å². The second-order valence-corrected chi connectivity index (χ2v) is 4.91. The number of benzene rings is 1. The number of esters is 1. The summed E-state index contributed by atoms with van der Waals surface area (Å²) >= 11 is 0. The lowest BCUT2D eigenvalue weighted by molar-refractivity contribution is -0.136.